The second-order valence-corrected chi connectivity index (χ2v) is 5.81. The smallest absolute Gasteiger partial charge is 0.226 e. The molecule has 0 radical (unpaired) electrons. The largest absolute Gasteiger partial charge is 0.444 e. The van der Waals surface area contributed by atoms with Crippen LogP contribution in [0, 0.1) is 0 Å². The number of amides is 1. The van der Waals surface area contributed by atoms with Crippen LogP contribution in [-0.2, 0) is 11.2 Å². The summed E-state index contributed by atoms with van der Waals surface area (Å²) in [4.78, 5) is 20.7. The van der Waals surface area contributed by atoms with E-state index in [2.05, 4.69) is 15.3 Å². The molecule has 6 heteroatoms. The molecule has 2 heterocycles. The summed E-state index contributed by atoms with van der Waals surface area (Å²) in [6.07, 6.45) is 3.34. The van der Waals surface area contributed by atoms with E-state index in [0.717, 1.165) is 11.3 Å². The number of oxazole rings is 1. The first-order valence-corrected chi connectivity index (χ1v) is 7.90. The highest BCUT2D eigenvalue weighted by molar-refractivity contribution is 6.30. The summed E-state index contributed by atoms with van der Waals surface area (Å²) < 4.78 is 5.43. The number of nitrogens with one attached hydrogen (secondary N) is 1. The Bertz CT molecular complexity index is 816. The Morgan fingerprint density at radius 1 is 1.25 bits per heavy atom. The van der Waals surface area contributed by atoms with E-state index in [9.17, 15) is 4.79 Å². The zero-order valence-corrected chi connectivity index (χ0v) is 13.8. The van der Waals surface area contributed by atoms with Gasteiger partial charge in [-0.2, -0.15) is 0 Å². The summed E-state index contributed by atoms with van der Waals surface area (Å²) in [6, 6.07) is 12.6. The van der Waals surface area contributed by atoms with Crippen molar-refractivity contribution in [3.05, 3.63) is 71.3 Å². The van der Waals surface area contributed by atoms with Crippen LogP contribution < -0.4 is 5.32 Å². The Kier molecular flexibility index (Phi) is 4.91. The Labute approximate surface area is 144 Å². The van der Waals surface area contributed by atoms with Gasteiger partial charge in [0.05, 0.1) is 23.9 Å². The van der Waals surface area contributed by atoms with Gasteiger partial charge in [-0.25, -0.2) is 4.98 Å². The number of pyridine rings is 1. The van der Waals surface area contributed by atoms with Gasteiger partial charge in [-0.3, -0.25) is 9.78 Å². The molecule has 0 aliphatic rings. The third-order valence-electron chi connectivity index (χ3n) is 3.49. The van der Waals surface area contributed by atoms with E-state index in [0.29, 0.717) is 16.6 Å². The zero-order chi connectivity index (χ0) is 16.9. The maximum Gasteiger partial charge on any atom is 0.226 e. The van der Waals surface area contributed by atoms with Gasteiger partial charge < -0.3 is 9.73 Å². The molecule has 1 atom stereocenters. The van der Waals surface area contributed by atoms with Gasteiger partial charge in [-0.05, 0) is 43.3 Å². The third-order valence-corrected chi connectivity index (χ3v) is 3.75. The lowest BCUT2D eigenvalue weighted by molar-refractivity contribution is -0.121. The minimum absolute atomic E-state index is 0.135. The van der Waals surface area contributed by atoms with E-state index in [-0.39, 0.29) is 18.4 Å². The lowest BCUT2D eigenvalue weighted by Crippen LogP contribution is -2.28. The van der Waals surface area contributed by atoms with Crippen LogP contribution in [0.25, 0.3) is 11.5 Å². The van der Waals surface area contributed by atoms with Crippen molar-refractivity contribution in [2.24, 2.45) is 0 Å². The van der Waals surface area contributed by atoms with Gasteiger partial charge in [-0.15, -0.1) is 0 Å². The van der Waals surface area contributed by atoms with Crippen molar-refractivity contribution in [2.45, 2.75) is 19.4 Å². The zero-order valence-electron chi connectivity index (χ0n) is 13.1. The number of halogens is 1. The second kappa shape index (κ2) is 7.27. The van der Waals surface area contributed by atoms with Crippen LogP contribution in [0.2, 0.25) is 5.02 Å². The Balaban J connectivity index is 1.62. The van der Waals surface area contributed by atoms with Crippen LogP contribution in [-0.4, -0.2) is 15.9 Å². The van der Waals surface area contributed by atoms with E-state index in [1.165, 1.54) is 6.26 Å². The van der Waals surface area contributed by atoms with Crippen LogP contribution in [0.1, 0.15) is 24.4 Å². The van der Waals surface area contributed by atoms with Gasteiger partial charge in [0.25, 0.3) is 0 Å². The summed E-state index contributed by atoms with van der Waals surface area (Å²) in [7, 11) is 0. The summed E-state index contributed by atoms with van der Waals surface area (Å²) in [6.45, 7) is 1.89. The summed E-state index contributed by atoms with van der Waals surface area (Å²) in [5, 5.41) is 3.55. The second-order valence-electron chi connectivity index (χ2n) is 5.37. The molecule has 122 valence electrons. The standard InChI is InChI=1S/C18H16ClN3O2/c1-12(16-4-2-3-9-20-16)21-17(23)10-15-11-24-18(22-15)13-5-7-14(19)8-6-13/h2-9,11-12H,10H2,1H3,(H,21,23)/t12-/m1/s1. The number of benzene rings is 1. The van der Waals surface area contributed by atoms with Crippen LogP contribution in [0.3, 0.4) is 0 Å². The molecule has 3 rings (SSSR count). The number of rotatable bonds is 5. The van der Waals surface area contributed by atoms with Gasteiger partial charge in [0.2, 0.25) is 11.8 Å². The van der Waals surface area contributed by atoms with Gasteiger partial charge in [0.15, 0.2) is 0 Å². The average Bonchev–Trinajstić information content (AvgIpc) is 3.04. The minimum Gasteiger partial charge on any atom is -0.444 e. The Morgan fingerprint density at radius 2 is 2.04 bits per heavy atom. The van der Waals surface area contributed by atoms with Gasteiger partial charge in [0.1, 0.15) is 6.26 Å². The molecule has 24 heavy (non-hydrogen) atoms. The normalized spacial score (nSPS) is 11.9. The van der Waals surface area contributed by atoms with Crippen LogP contribution in [0.15, 0.2) is 59.3 Å². The number of hydrogen-bond donors (Lipinski definition) is 1. The molecule has 2 aromatic heterocycles. The SMILES string of the molecule is C[C@@H](NC(=O)Cc1coc(-c2ccc(Cl)cc2)n1)c1ccccn1. The highest BCUT2D eigenvalue weighted by Gasteiger charge is 2.14. The number of nitrogens with zero attached hydrogens (tertiary/aromatic N) is 2. The van der Waals surface area contributed by atoms with Crippen molar-refractivity contribution in [2.75, 3.05) is 0 Å². The topological polar surface area (TPSA) is 68.0 Å². The predicted molar refractivity (Wildman–Crippen MR) is 91.4 cm³/mol. The number of carbonyl (C=O) groups is 1. The minimum atomic E-state index is -0.165. The fourth-order valence-corrected chi connectivity index (χ4v) is 2.40. The van der Waals surface area contributed by atoms with Gasteiger partial charge in [0, 0.05) is 16.8 Å². The molecule has 0 unspecified atom stereocenters. The first-order valence-electron chi connectivity index (χ1n) is 7.52. The lowest BCUT2D eigenvalue weighted by Gasteiger charge is -2.12. The van der Waals surface area contributed by atoms with Crippen LogP contribution in [0.4, 0.5) is 0 Å². The number of carbonyl (C=O) groups excluding carboxylic acids is 1. The fourth-order valence-electron chi connectivity index (χ4n) is 2.28. The Hall–Kier alpha value is -2.66. The Morgan fingerprint density at radius 3 is 2.75 bits per heavy atom. The molecule has 1 aromatic carbocycles. The number of aromatic nitrogens is 2. The highest BCUT2D eigenvalue weighted by atomic mass is 35.5. The van der Waals surface area contributed by atoms with Crippen molar-refractivity contribution in [1.29, 1.82) is 0 Å². The van der Waals surface area contributed by atoms with Gasteiger partial charge in [-0.1, -0.05) is 17.7 Å². The molecular formula is C18H16ClN3O2. The maximum absolute atomic E-state index is 12.1. The van der Waals surface area contributed by atoms with Crippen LogP contribution >= 0.6 is 11.6 Å². The number of hydrogen-bond acceptors (Lipinski definition) is 4. The maximum atomic E-state index is 12.1. The van der Waals surface area contributed by atoms with E-state index < -0.39 is 0 Å². The molecule has 0 saturated carbocycles. The lowest BCUT2D eigenvalue weighted by atomic mass is 10.2. The third kappa shape index (κ3) is 4.00. The summed E-state index contributed by atoms with van der Waals surface area (Å²) in [5.74, 6) is 0.330. The molecule has 3 aromatic rings. The molecule has 0 bridgehead atoms. The molecule has 0 fully saturated rings. The monoisotopic (exact) mass is 341 g/mol. The van der Waals surface area contributed by atoms with Gasteiger partial charge >= 0.3 is 0 Å². The van der Waals surface area contributed by atoms with E-state index in [4.69, 9.17) is 16.0 Å². The van der Waals surface area contributed by atoms with Crippen molar-refractivity contribution < 1.29 is 9.21 Å². The van der Waals surface area contributed by atoms with Crippen molar-refractivity contribution >= 4 is 17.5 Å². The molecule has 1 N–H and O–H groups in total. The molecule has 1 amide bonds. The molecule has 0 spiro atoms. The summed E-state index contributed by atoms with van der Waals surface area (Å²) >= 11 is 5.86. The summed E-state index contributed by atoms with van der Waals surface area (Å²) in [5.41, 5.74) is 2.20. The van der Waals surface area contributed by atoms with Crippen LogP contribution in [0.5, 0.6) is 0 Å². The van der Waals surface area contributed by atoms with E-state index in [1.54, 1.807) is 18.3 Å². The molecule has 5 nitrogen and oxygen atoms in total. The van der Waals surface area contributed by atoms with Crippen molar-refractivity contribution in [3.63, 3.8) is 0 Å². The molecule has 0 saturated heterocycles. The first-order chi connectivity index (χ1) is 11.6. The van der Waals surface area contributed by atoms with Crippen molar-refractivity contribution in [1.82, 2.24) is 15.3 Å². The molecule has 0 aliphatic heterocycles. The predicted octanol–water partition coefficient (Wildman–Crippen LogP) is 3.81. The molecule has 0 aliphatic carbocycles. The highest BCUT2D eigenvalue weighted by Crippen LogP contribution is 2.21. The average molecular weight is 342 g/mol. The van der Waals surface area contributed by atoms with E-state index >= 15 is 0 Å². The van der Waals surface area contributed by atoms with E-state index in [1.807, 2.05) is 37.3 Å². The molecular weight excluding hydrogens is 326 g/mol. The first kappa shape index (κ1) is 16.2. The quantitative estimate of drug-likeness (QED) is 0.766. The van der Waals surface area contributed by atoms with Crippen molar-refractivity contribution in [3.8, 4) is 11.5 Å². The fraction of sp³-hybridized carbons (Fsp3) is 0.167.